The lowest BCUT2D eigenvalue weighted by atomic mass is 10.1. The second kappa shape index (κ2) is 9.64. The third-order valence-electron chi connectivity index (χ3n) is 4.18. The molecule has 1 aromatic heterocycles. The van der Waals surface area contributed by atoms with Crippen molar-refractivity contribution in [1.29, 1.82) is 0 Å². The van der Waals surface area contributed by atoms with Gasteiger partial charge in [-0.2, -0.15) is 8.78 Å². The molecular weight excluding hydrogens is 364 g/mol. The van der Waals surface area contributed by atoms with Gasteiger partial charge in [0.05, 0.1) is 6.42 Å². The first-order valence-corrected chi connectivity index (χ1v) is 8.94. The second-order valence-corrected chi connectivity index (χ2v) is 6.26. The molecule has 0 aliphatic rings. The minimum atomic E-state index is -2.86. The van der Waals surface area contributed by atoms with E-state index in [0.29, 0.717) is 13.0 Å². The molecule has 28 heavy (non-hydrogen) atoms. The van der Waals surface area contributed by atoms with Crippen LogP contribution >= 0.6 is 0 Å². The van der Waals surface area contributed by atoms with Crippen LogP contribution in [0.4, 0.5) is 8.78 Å². The lowest BCUT2D eigenvalue weighted by Crippen LogP contribution is -2.28. The van der Waals surface area contributed by atoms with Crippen LogP contribution in [0.5, 0.6) is 5.75 Å². The summed E-state index contributed by atoms with van der Waals surface area (Å²) in [6.45, 7) is -1.66. The van der Waals surface area contributed by atoms with Crippen molar-refractivity contribution in [1.82, 2.24) is 14.9 Å². The number of benzene rings is 2. The minimum absolute atomic E-state index is 0.0735. The van der Waals surface area contributed by atoms with Gasteiger partial charge in [-0.25, -0.2) is 4.98 Å². The molecule has 0 spiro atoms. The molecule has 3 aromatic rings. The van der Waals surface area contributed by atoms with Gasteiger partial charge in [0.25, 0.3) is 0 Å². The van der Waals surface area contributed by atoms with E-state index in [0.717, 1.165) is 17.9 Å². The Morgan fingerprint density at radius 2 is 1.82 bits per heavy atom. The van der Waals surface area contributed by atoms with Gasteiger partial charge in [0.15, 0.2) is 0 Å². The molecule has 0 radical (unpaired) electrons. The number of rotatable bonds is 9. The molecule has 0 aliphatic heterocycles. The average Bonchev–Trinajstić information content (AvgIpc) is 3.11. The first-order valence-electron chi connectivity index (χ1n) is 8.94. The van der Waals surface area contributed by atoms with Gasteiger partial charge >= 0.3 is 6.61 Å². The lowest BCUT2D eigenvalue weighted by Gasteiger charge is -2.09. The number of carbonyl (C=O) groups is 1. The molecule has 7 heteroatoms. The molecule has 0 bridgehead atoms. The summed E-state index contributed by atoms with van der Waals surface area (Å²) in [6.07, 6.45) is 4.47. The number of ether oxygens (including phenoxy) is 1. The Bertz CT molecular complexity index is 880. The molecule has 0 unspecified atom stereocenters. The number of nitrogens with zero attached hydrogens (tertiary/aromatic N) is 2. The third-order valence-corrected chi connectivity index (χ3v) is 4.18. The number of alkyl halides is 2. The highest BCUT2D eigenvalue weighted by molar-refractivity contribution is 5.78. The second-order valence-electron chi connectivity index (χ2n) is 6.26. The summed E-state index contributed by atoms with van der Waals surface area (Å²) in [5.41, 5.74) is 1.91. The van der Waals surface area contributed by atoms with Gasteiger partial charge in [0.1, 0.15) is 11.6 Å². The monoisotopic (exact) mass is 385 g/mol. The Morgan fingerprint density at radius 1 is 1.07 bits per heavy atom. The molecule has 5 nitrogen and oxygen atoms in total. The first-order chi connectivity index (χ1) is 13.6. The average molecular weight is 385 g/mol. The summed E-state index contributed by atoms with van der Waals surface area (Å²) >= 11 is 0. The Morgan fingerprint density at radius 3 is 2.54 bits per heavy atom. The number of imidazole rings is 1. The fourth-order valence-electron chi connectivity index (χ4n) is 2.84. The molecular formula is C21H21F2N3O2. The smallest absolute Gasteiger partial charge is 0.387 e. The van der Waals surface area contributed by atoms with Crippen LogP contribution in [-0.2, 0) is 24.2 Å². The molecule has 3 rings (SSSR count). The largest absolute Gasteiger partial charge is 0.435 e. The van der Waals surface area contributed by atoms with E-state index in [1.165, 1.54) is 17.7 Å². The van der Waals surface area contributed by atoms with Crippen LogP contribution in [0, 0.1) is 0 Å². The predicted octanol–water partition coefficient (Wildman–Crippen LogP) is 3.43. The number of nitrogens with one attached hydrogen (secondary N) is 1. The number of hydrogen-bond donors (Lipinski definition) is 1. The summed E-state index contributed by atoms with van der Waals surface area (Å²) in [4.78, 5) is 16.5. The molecule has 1 amide bonds. The molecule has 1 N–H and O–H groups in total. The Hall–Kier alpha value is -3.22. The van der Waals surface area contributed by atoms with E-state index in [9.17, 15) is 13.6 Å². The maximum absolute atomic E-state index is 12.1. The molecule has 0 aliphatic carbocycles. The van der Waals surface area contributed by atoms with Gasteiger partial charge < -0.3 is 14.6 Å². The van der Waals surface area contributed by atoms with Crippen LogP contribution in [0.1, 0.15) is 17.0 Å². The lowest BCUT2D eigenvalue weighted by molar-refractivity contribution is -0.120. The van der Waals surface area contributed by atoms with E-state index in [-0.39, 0.29) is 18.1 Å². The van der Waals surface area contributed by atoms with Gasteiger partial charge in [0.2, 0.25) is 5.91 Å². The van der Waals surface area contributed by atoms with E-state index in [1.807, 2.05) is 24.4 Å². The zero-order valence-electron chi connectivity index (χ0n) is 15.2. The maximum atomic E-state index is 12.1. The molecule has 146 valence electrons. The topological polar surface area (TPSA) is 56.1 Å². The van der Waals surface area contributed by atoms with Crippen LogP contribution in [0.25, 0.3) is 0 Å². The van der Waals surface area contributed by atoms with Crippen molar-refractivity contribution in [3.8, 4) is 5.75 Å². The normalized spacial score (nSPS) is 10.8. The number of hydrogen-bond acceptors (Lipinski definition) is 3. The predicted molar refractivity (Wildman–Crippen MR) is 101 cm³/mol. The Labute approximate surface area is 162 Å². The van der Waals surface area contributed by atoms with E-state index < -0.39 is 6.61 Å². The highest BCUT2D eigenvalue weighted by Crippen LogP contribution is 2.15. The van der Waals surface area contributed by atoms with Crippen LogP contribution in [0.15, 0.2) is 67.0 Å². The highest BCUT2D eigenvalue weighted by Gasteiger charge is 2.08. The van der Waals surface area contributed by atoms with Gasteiger partial charge in [-0.3, -0.25) is 4.79 Å². The summed E-state index contributed by atoms with van der Waals surface area (Å²) in [6, 6.07) is 16.1. The van der Waals surface area contributed by atoms with Crippen LogP contribution in [-0.4, -0.2) is 28.6 Å². The third kappa shape index (κ3) is 5.90. The van der Waals surface area contributed by atoms with E-state index >= 15 is 0 Å². The molecule has 0 fully saturated rings. The van der Waals surface area contributed by atoms with Crippen molar-refractivity contribution in [2.75, 3.05) is 6.54 Å². The van der Waals surface area contributed by atoms with Crippen molar-refractivity contribution in [2.45, 2.75) is 26.0 Å². The molecule has 0 saturated carbocycles. The fourth-order valence-corrected chi connectivity index (χ4v) is 2.84. The first kappa shape index (κ1) is 19.5. The Balaban J connectivity index is 1.45. The Kier molecular flexibility index (Phi) is 6.73. The van der Waals surface area contributed by atoms with Crippen molar-refractivity contribution >= 4 is 5.91 Å². The highest BCUT2D eigenvalue weighted by atomic mass is 19.3. The summed E-state index contributed by atoms with van der Waals surface area (Å²) in [5.74, 6) is 0.839. The van der Waals surface area contributed by atoms with Gasteiger partial charge in [0, 0.05) is 31.9 Å². The van der Waals surface area contributed by atoms with E-state index in [2.05, 4.69) is 31.7 Å². The summed E-state index contributed by atoms with van der Waals surface area (Å²) in [7, 11) is 0. The number of amides is 1. The zero-order valence-corrected chi connectivity index (χ0v) is 15.2. The molecule has 0 saturated heterocycles. The zero-order chi connectivity index (χ0) is 19.8. The van der Waals surface area contributed by atoms with Crippen molar-refractivity contribution in [2.24, 2.45) is 0 Å². The number of carbonyl (C=O) groups excluding carboxylic acids is 1. The van der Waals surface area contributed by atoms with Crippen molar-refractivity contribution < 1.29 is 18.3 Å². The van der Waals surface area contributed by atoms with Crippen LogP contribution in [0.3, 0.4) is 0 Å². The van der Waals surface area contributed by atoms with Gasteiger partial charge in [-0.05, 0) is 23.3 Å². The molecule has 0 atom stereocenters. The van der Waals surface area contributed by atoms with Gasteiger partial charge in [-0.1, -0.05) is 42.5 Å². The van der Waals surface area contributed by atoms with Gasteiger partial charge in [-0.15, -0.1) is 0 Å². The number of halogens is 2. The summed E-state index contributed by atoms with van der Waals surface area (Å²) in [5, 5.41) is 2.86. The summed E-state index contributed by atoms with van der Waals surface area (Å²) < 4.78 is 30.6. The fraction of sp³-hybridized carbons (Fsp3) is 0.238. The van der Waals surface area contributed by atoms with E-state index in [1.54, 1.807) is 18.3 Å². The molecule has 2 aromatic carbocycles. The van der Waals surface area contributed by atoms with Crippen molar-refractivity contribution in [3.05, 3.63) is 83.9 Å². The SMILES string of the molecule is O=C(Cc1ccc(OC(F)F)cc1)NCCc1nccn1Cc1ccccc1. The standard InChI is InChI=1S/C21H21F2N3O2/c22-21(23)28-18-8-6-16(7-9-18)14-20(27)25-11-10-19-24-12-13-26(19)15-17-4-2-1-3-5-17/h1-9,12-13,21H,10-11,14-15H2,(H,25,27). The maximum Gasteiger partial charge on any atom is 0.387 e. The van der Waals surface area contributed by atoms with Crippen LogP contribution in [0.2, 0.25) is 0 Å². The minimum Gasteiger partial charge on any atom is -0.435 e. The van der Waals surface area contributed by atoms with Crippen molar-refractivity contribution in [3.63, 3.8) is 0 Å². The van der Waals surface area contributed by atoms with E-state index in [4.69, 9.17) is 0 Å². The number of aromatic nitrogens is 2. The molecule has 1 heterocycles. The quantitative estimate of drug-likeness (QED) is 0.614. The van der Waals surface area contributed by atoms with Crippen LogP contribution < -0.4 is 10.1 Å².